The second-order valence-corrected chi connectivity index (χ2v) is 9.17. The van der Waals surface area contributed by atoms with Gasteiger partial charge in [-0.05, 0) is 43.9 Å². The maximum atomic E-state index is 11.9. The van der Waals surface area contributed by atoms with Gasteiger partial charge < -0.3 is 25.9 Å². The summed E-state index contributed by atoms with van der Waals surface area (Å²) in [5.41, 5.74) is 6.00. The predicted molar refractivity (Wildman–Crippen MR) is 120 cm³/mol. The monoisotopic (exact) mass is 473 g/mol. The number of carbonyl (C=O) groups is 2. The van der Waals surface area contributed by atoms with Crippen LogP contribution >= 0.6 is 0 Å². The number of nitrogens with one attached hydrogen (secondary N) is 3. The molecule has 1 aliphatic rings. The number of hydrogen-bond acceptors (Lipinski definition) is 10. The summed E-state index contributed by atoms with van der Waals surface area (Å²) < 4.78 is 28.0. The van der Waals surface area contributed by atoms with Gasteiger partial charge in [-0.3, -0.25) is 9.59 Å². The highest BCUT2D eigenvalue weighted by Gasteiger charge is 2.29. The molecule has 3 rings (SSSR count). The Hall–Kier alpha value is -3.92. The van der Waals surface area contributed by atoms with Crippen molar-refractivity contribution in [1.82, 2.24) is 9.97 Å². The molecule has 2 aromatic rings. The van der Waals surface area contributed by atoms with E-state index in [0.29, 0.717) is 17.4 Å². The van der Waals surface area contributed by atoms with Crippen LogP contribution in [0.1, 0.15) is 36.5 Å². The molecule has 1 aromatic heterocycles. The summed E-state index contributed by atoms with van der Waals surface area (Å²) in [5.74, 6) is -0.512. The van der Waals surface area contributed by atoms with Crippen LogP contribution in [0.25, 0.3) is 0 Å². The second kappa shape index (κ2) is 9.70. The molecule has 0 bridgehead atoms. The minimum absolute atomic E-state index is 0.0279. The Morgan fingerprint density at radius 3 is 2.70 bits per heavy atom. The van der Waals surface area contributed by atoms with Crippen LogP contribution in [0, 0.1) is 17.2 Å². The Kier molecular flexibility index (Phi) is 6.98. The molecule has 1 unspecified atom stereocenters. The lowest BCUT2D eigenvalue weighted by molar-refractivity contribution is -0.115. The van der Waals surface area contributed by atoms with Crippen LogP contribution < -0.4 is 25.9 Å². The first-order valence-corrected chi connectivity index (χ1v) is 11.8. The van der Waals surface area contributed by atoms with Gasteiger partial charge in [0.1, 0.15) is 12.2 Å². The zero-order chi connectivity index (χ0) is 24.2. The summed E-state index contributed by atoms with van der Waals surface area (Å²) in [5, 5.41) is 17.3. The van der Waals surface area contributed by atoms with Crippen LogP contribution in [0.5, 0.6) is 5.75 Å². The highest BCUT2D eigenvalue weighted by molar-refractivity contribution is 7.86. The zero-order valence-electron chi connectivity index (χ0n) is 18.0. The van der Waals surface area contributed by atoms with Crippen molar-refractivity contribution in [2.45, 2.75) is 32.2 Å². The van der Waals surface area contributed by atoms with Crippen molar-refractivity contribution in [2.24, 2.45) is 11.7 Å². The van der Waals surface area contributed by atoms with E-state index < -0.39 is 28.4 Å². The number of amides is 2. The first-order chi connectivity index (χ1) is 15.6. The predicted octanol–water partition coefficient (Wildman–Crippen LogP) is 1.72. The van der Waals surface area contributed by atoms with Gasteiger partial charge in [-0.1, -0.05) is 0 Å². The molecular formula is C20H23N7O5S. The molecule has 13 heteroatoms. The number of nitrogens with two attached hydrogens (primary N) is 1. The van der Waals surface area contributed by atoms with Gasteiger partial charge in [-0.25, -0.2) is 4.98 Å². The summed E-state index contributed by atoms with van der Waals surface area (Å²) in [4.78, 5) is 32.1. The standard InChI is InChI=1S/C20H23N7O5S/c1-11(12-3-4-12)24-19-14(18(22)29)10-23-20(27-19)25-13-5-6-16(32-33(2,30)31)15(9-13)26-17(28)7-8-21/h5-6,9-12H,3-4,7H2,1-2H3,(H2,22,29)(H,26,28)(H2,23,24,25,27). The maximum absolute atomic E-state index is 11.9. The Morgan fingerprint density at radius 2 is 2.09 bits per heavy atom. The van der Waals surface area contributed by atoms with E-state index in [1.807, 2.05) is 6.92 Å². The molecule has 12 nitrogen and oxygen atoms in total. The van der Waals surface area contributed by atoms with Crippen molar-refractivity contribution < 1.29 is 22.2 Å². The molecule has 2 amide bonds. The Morgan fingerprint density at radius 1 is 1.36 bits per heavy atom. The molecule has 33 heavy (non-hydrogen) atoms. The second-order valence-electron chi connectivity index (χ2n) is 7.60. The van der Waals surface area contributed by atoms with Crippen molar-refractivity contribution in [3.05, 3.63) is 30.0 Å². The SMILES string of the molecule is CC(Nc1nc(Nc2ccc(OS(C)(=O)=O)c(NC(=O)CC#N)c2)ncc1C(N)=O)C1CC1. The topological polar surface area (TPSA) is 189 Å². The number of nitriles is 1. The summed E-state index contributed by atoms with van der Waals surface area (Å²) in [6, 6.07) is 6.03. The third-order valence-corrected chi connectivity index (χ3v) is 5.22. The third kappa shape index (κ3) is 6.78. The molecule has 1 aromatic carbocycles. The third-order valence-electron chi connectivity index (χ3n) is 4.74. The smallest absolute Gasteiger partial charge is 0.306 e. The fourth-order valence-corrected chi connectivity index (χ4v) is 3.47. The number of aromatic nitrogens is 2. The molecule has 0 radical (unpaired) electrons. The van der Waals surface area contributed by atoms with Crippen LogP contribution in [0.4, 0.5) is 23.1 Å². The Balaban J connectivity index is 1.89. The van der Waals surface area contributed by atoms with Gasteiger partial charge in [0.05, 0.1) is 23.6 Å². The summed E-state index contributed by atoms with van der Waals surface area (Å²) >= 11 is 0. The first-order valence-electron chi connectivity index (χ1n) is 9.96. The molecule has 1 saturated carbocycles. The number of hydrogen-bond donors (Lipinski definition) is 4. The molecule has 1 fully saturated rings. The van der Waals surface area contributed by atoms with E-state index in [1.54, 1.807) is 6.07 Å². The molecule has 174 valence electrons. The average Bonchev–Trinajstić information content (AvgIpc) is 3.54. The van der Waals surface area contributed by atoms with Gasteiger partial charge in [-0.2, -0.15) is 18.7 Å². The van der Waals surface area contributed by atoms with Crippen LogP contribution in [0.15, 0.2) is 24.4 Å². The molecule has 5 N–H and O–H groups in total. The van der Waals surface area contributed by atoms with E-state index >= 15 is 0 Å². The maximum Gasteiger partial charge on any atom is 0.306 e. The lowest BCUT2D eigenvalue weighted by Gasteiger charge is -2.17. The quantitative estimate of drug-likeness (QED) is 0.370. The van der Waals surface area contributed by atoms with E-state index in [-0.39, 0.29) is 29.0 Å². The number of anilines is 4. The van der Waals surface area contributed by atoms with E-state index in [1.165, 1.54) is 24.4 Å². The largest absolute Gasteiger partial charge is 0.380 e. The lowest BCUT2D eigenvalue weighted by atomic mass is 10.2. The highest BCUT2D eigenvalue weighted by atomic mass is 32.2. The van der Waals surface area contributed by atoms with Crippen molar-refractivity contribution in [3.63, 3.8) is 0 Å². The van der Waals surface area contributed by atoms with Gasteiger partial charge >= 0.3 is 10.1 Å². The fourth-order valence-electron chi connectivity index (χ4n) is 3.00. The Bertz CT molecular complexity index is 1220. The molecule has 0 aliphatic heterocycles. The minimum atomic E-state index is -3.87. The van der Waals surface area contributed by atoms with E-state index in [9.17, 15) is 18.0 Å². The molecule has 1 aliphatic carbocycles. The number of rotatable bonds is 10. The number of carbonyl (C=O) groups excluding carboxylic acids is 2. The number of nitrogens with zero attached hydrogens (tertiary/aromatic N) is 3. The van der Waals surface area contributed by atoms with Crippen LogP contribution in [-0.4, -0.2) is 42.5 Å². The van der Waals surface area contributed by atoms with Crippen LogP contribution in [0.3, 0.4) is 0 Å². The minimum Gasteiger partial charge on any atom is -0.380 e. The molecular weight excluding hydrogens is 450 g/mol. The van der Waals surface area contributed by atoms with Crippen molar-refractivity contribution in [1.29, 1.82) is 5.26 Å². The molecule has 0 spiro atoms. The van der Waals surface area contributed by atoms with Gasteiger partial charge in [0.25, 0.3) is 5.91 Å². The van der Waals surface area contributed by atoms with Gasteiger partial charge in [0, 0.05) is 17.9 Å². The molecule has 1 heterocycles. The number of primary amides is 1. The zero-order valence-corrected chi connectivity index (χ0v) is 18.8. The number of benzene rings is 1. The van der Waals surface area contributed by atoms with Crippen LogP contribution in [0.2, 0.25) is 0 Å². The van der Waals surface area contributed by atoms with Crippen molar-refractivity contribution in [2.75, 3.05) is 22.2 Å². The molecule has 0 saturated heterocycles. The van der Waals surface area contributed by atoms with E-state index in [2.05, 4.69) is 25.9 Å². The van der Waals surface area contributed by atoms with Crippen LogP contribution in [-0.2, 0) is 14.9 Å². The first kappa shape index (κ1) is 23.7. The summed E-state index contributed by atoms with van der Waals surface area (Å²) in [6.07, 6.45) is 3.93. The summed E-state index contributed by atoms with van der Waals surface area (Å²) in [6.45, 7) is 1.99. The average molecular weight is 474 g/mol. The van der Waals surface area contributed by atoms with Gasteiger partial charge in [0.2, 0.25) is 11.9 Å². The lowest BCUT2D eigenvalue weighted by Crippen LogP contribution is -2.23. The van der Waals surface area contributed by atoms with E-state index in [4.69, 9.17) is 15.2 Å². The highest BCUT2D eigenvalue weighted by Crippen LogP contribution is 2.34. The fraction of sp³-hybridized carbons (Fsp3) is 0.350. The van der Waals surface area contributed by atoms with E-state index in [0.717, 1.165) is 19.1 Å². The summed E-state index contributed by atoms with van der Waals surface area (Å²) in [7, 11) is -3.87. The van der Waals surface area contributed by atoms with Crippen molar-refractivity contribution in [3.8, 4) is 11.8 Å². The molecule has 1 atom stereocenters. The van der Waals surface area contributed by atoms with Gasteiger partial charge in [0.15, 0.2) is 5.75 Å². The Labute approximate surface area is 190 Å². The normalized spacial score (nSPS) is 14.0. The van der Waals surface area contributed by atoms with Crippen molar-refractivity contribution >= 4 is 45.1 Å². The van der Waals surface area contributed by atoms with Gasteiger partial charge in [-0.15, -0.1) is 0 Å².